The van der Waals surface area contributed by atoms with Gasteiger partial charge in [0.05, 0.1) is 29.4 Å². The number of anilines is 3. The summed E-state index contributed by atoms with van der Waals surface area (Å²) in [6.07, 6.45) is 7.44. The highest BCUT2D eigenvalue weighted by atomic mass is 35.5. The van der Waals surface area contributed by atoms with Gasteiger partial charge in [-0.05, 0) is 88.1 Å². The van der Waals surface area contributed by atoms with Crippen LogP contribution >= 0.6 is 11.6 Å². The minimum Gasteiger partial charge on any atom is -0.488 e. The molecule has 1 aromatic carbocycles. The van der Waals surface area contributed by atoms with Gasteiger partial charge >= 0.3 is 0 Å². The first-order chi connectivity index (χ1) is 19.9. The van der Waals surface area contributed by atoms with E-state index in [1.165, 1.54) is 29.9 Å². The van der Waals surface area contributed by atoms with Gasteiger partial charge in [0.15, 0.2) is 20.7 Å². The Bertz CT molecular complexity index is 1420. The number of likely N-dealkylation sites (tertiary alicyclic amines) is 1. The Morgan fingerprint density at radius 3 is 2.62 bits per heavy atom. The number of nitrogens with one attached hydrogen (secondary N) is 4. The normalized spacial score (nSPS) is 18.3. The van der Waals surface area contributed by atoms with Crippen LogP contribution in [0.1, 0.15) is 70.4 Å². The maximum atomic E-state index is 12.8. The molecule has 1 saturated carbocycles. The molecule has 4 rings (SSSR count). The van der Waals surface area contributed by atoms with E-state index in [2.05, 4.69) is 63.7 Å². The van der Waals surface area contributed by atoms with Crippen molar-refractivity contribution in [1.82, 2.24) is 20.2 Å². The van der Waals surface area contributed by atoms with Gasteiger partial charge in [-0.1, -0.05) is 25.4 Å². The van der Waals surface area contributed by atoms with Crippen LogP contribution in [-0.2, 0) is 9.84 Å². The lowest BCUT2D eigenvalue weighted by atomic mass is 9.87. The lowest BCUT2D eigenvalue weighted by Gasteiger charge is -2.36. The number of ether oxygens (including phenoxy) is 1. The lowest BCUT2D eigenvalue weighted by Crippen LogP contribution is -2.39. The predicted molar refractivity (Wildman–Crippen MR) is 171 cm³/mol. The van der Waals surface area contributed by atoms with Gasteiger partial charge < -0.3 is 25.6 Å². The fraction of sp³-hybridized carbons (Fsp3) is 0.567. The zero-order valence-corrected chi connectivity index (χ0v) is 27.0. The molecule has 230 valence electrons. The molecule has 1 aliphatic carbocycles. The van der Waals surface area contributed by atoms with Gasteiger partial charge in [-0.3, -0.25) is 5.41 Å². The van der Waals surface area contributed by atoms with E-state index in [1.54, 1.807) is 20.9 Å². The Morgan fingerprint density at radius 1 is 1.24 bits per heavy atom. The molecule has 2 aromatic rings. The van der Waals surface area contributed by atoms with Crippen molar-refractivity contribution in [3.05, 3.63) is 46.4 Å². The monoisotopic (exact) mass is 617 g/mol. The van der Waals surface area contributed by atoms with Crippen LogP contribution in [0.3, 0.4) is 0 Å². The summed E-state index contributed by atoms with van der Waals surface area (Å²) in [5.74, 6) is 1.38. The number of sulfone groups is 1. The first-order valence-electron chi connectivity index (χ1n) is 14.7. The number of aryl methyl sites for hydroxylation is 1. The second-order valence-corrected chi connectivity index (χ2v) is 14.3. The number of rotatable bonds is 12. The van der Waals surface area contributed by atoms with E-state index in [4.69, 9.17) is 21.7 Å². The summed E-state index contributed by atoms with van der Waals surface area (Å²) < 4.78 is 31.9. The third kappa shape index (κ3) is 8.14. The highest BCUT2D eigenvalue weighted by molar-refractivity contribution is 8.06. The molecule has 2 heterocycles. The molecule has 1 aliphatic heterocycles. The van der Waals surface area contributed by atoms with Crippen LogP contribution in [-0.4, -0.2) is 66.4 Å². The van der Waals surface area contributed by atoms with Gasteiger partial charge in [-0.2, -0.15) is 4.98 Å². The highest BCUT2D eigenvalue weighted by Crippen LogP contribution is 2.40. The highest BCUT2D eigenvalue weighted by Gasteiger charge is 2.29. The minimum atomic E-state index is -3.82. The van der Waals surface area contributed by atoms with E-state index in [0.29, 0.717) is 12.0 Å². The van der Waals surface area contributed by atoms with E-state index in [-0.39, 0.29) is 40.3 Å². The fourth-order valence-electron chi connectivity index (χ4n) is 5.19. The first-order valence-corrected chi connectivity index (χ1v) is 16.7. The first kappa shape index (κ1) is 32.0. The largest absolute Gasteiger partial charge is 0.488 e. The summed E-state index contributed by atoms with van der Waals surface area (Å²) in [4.78, 5) is 11.4. The number of hydrogen-bond donors (Lipinski definition) is 4. The van der Waals surface area contributed by atoms with Crippen LogP contribution in [0.4, 0.5) is 17.5 Å². The molecule has 42 heavy (non-hydrogen) atoms. The van der Waals surface area contributed by atoms with Crippen molar-refractivity contribution in [1.29, 1.82) is 5.41 Å². The number of halogens is 1. The molecule has 0 radical (unpaired) electrons. The Hall–Kier alpha value is -2.89. The molecule has 2 fully saturated rings. The van der Waals surface area contributed by atoms with Crippen LogP contribution < -0.4 is 20.7 Å². The molecule has 10 nitrogen and oxygen atoms in total. The molecule has 2 aliphatic rings. The van der Waals surface area contributed by atoms with E-state index >= 15 is 0 Å². The van der Waals surface area contributed by atoms with Crippen molar-refractivity contribution in [2.45, 2.75) is 78.4 Å². The molecule has 4 N–H and O–H groups in total. The van der Waals surface area contributed by atoms with Gasteiger partial charge in [0.25, 0.3) is 0 Å². The van der Waals surface area contributed by atoms with Crippen LogP contribution in [0.25, 0.3) is 0 Å². The molecule has 1 atom stereocenters. The molecule has 1 unspecified atom stereocenters. The number of aromatic nitrogens is 2. The molecule has 12 heteroatoms. The van der Waals surface area contributed by atoms with E-state index in [9.17, 15) is 8.42 Å². The third-order valence-electron chi connectivity index (χ3n) is 7.45. The van der Waals surface area contributed by atoms with Crippen molar-refractivity contribution in [2.75, 3.05) is 36.5 Å². The Labute approximate surface area is 255 Å². The summed E-state index contributed by atoms with van der Waals surface area (Å²) in [5, 5.41) is 17.0. The van der Waals surface area contributed by atoms with Gasteiger partial charge in [-0.15, -0.1) is 0 Å². The molecule has 0 spiro atoms. The van der Waals surface area contributed by atoms with Gasteiger partial charge in [0.2, 0.25) is 5.95 Å². The van der Waals surface area contributed by atoms with E-state index in [0.717, 1.165) is 43.8 Å². The predicted octanol–water partition coefficient (Wildman–Crippen LogP) is 5.83. The molecule has 0 bridgehead atoms. The van der Waals surface area contributed by atoms with Crippen LogP contribution in [0.15, 0.2) is 30.2 Å². The zero-order valence-electron chi connectivity index (χ0n) is 25.4. The van der Waals surface area contributed by atoms with Crippen molar-refractivity contribution < 1.29 is 13.2 Å². The molecular formula is C30H44ClN7O3S. The average Bonchev–Trinajstić information content (AvgIpc) is 3.74. The second kappa shape index (κ2) is 13.6. The molecule has 1 saturated heterocycles. The standard InChI is InChI=1S/C30H44ClN7O3S/c1-18(2)17-42(39,40)28(32)26(15-33-6)35-29-24(31)14-34-30(37-29)36-25-12-20(5)23(13-27(25)41-22-9-10-22)21-8-7-11-38(16-21)19(3)4/h12-15,18-19,21-22,32-33H,7-11,16-17H2,1-6H3,(H2,34,35,36,37)/b26-15+,32-28?. The summed E-state index contributed by atoms with van der Waals surface area (Å²) in [6.45, 7) is 12.4. The Kier molecular flexibility index (Phi) is 10.4. The number of nitrogens with zero attached hydrogens (tertiary/aromatic N) is 3. The Morgan fingerprint density at radius 2 is 1.98 bits per heavy atom. The van der Waals surface area contributed by atoms with Crippen LogP contribution in [0.5, 0.6) is 5.75 Å². The Balaban J connectivity index is 1.61. The maximum absolute atomic E-state index is 12.8. The van der Waals surface area contributed by atoms with Crippen LogP contribution in [0.2, 0.25) is 5.02 Å². The van der Waals surface area contributed by atoms with E-state index in [1.807, 2.05) is 0 Å². The second-order valence-electron chi connectivity index (χ2n) is 11.9. The number of piperidine rings is 1. The smallest absolute Gasteiger partial charge is 0.229 e. The van der Waals surface area contributed by atoms with Crippen molar-refractivity contribution in [3.63, 3.8) is 0 Å². The van der Waals surface area contributed by atoms with Gasteiger partial charge in [0.1, 0.15) is 10.8 Å². The van der Waals surface area contributed by atoms with E-state index < -0.39 is 14.9 Å². The third-order valence-corrected chi connectivity index (χ3v) is 9.67. The summed E-state index contributed by atoms with van der Waals surface area (Å²) >= 11 is 6.41. The SMILES string of the molecule is CN/C=C(/Nc1nc(Nc2cc(C)c(C3CCCN(C(C)C)C3)cc2OC2CC2)ncc1Cl)C(=N)S(=O)(=O)CC(C)C. The van der Waals surface area contributed by atoms with Crippen molar-refractivity contribution in [2.24, 2.45) is 5.92 Å². The summed E-state index contributed by atoms with van der Waals surface area (Å²) in [5.41, 5.74) is 3.27. The summed E-state index contributed by atoms with van der Waals surface area (Å²) in [7, 11) is -2.19. The average molecular weight is 618 g/mol. The zero-order chi connectivity index (χ0) is 30.6. The molecular weight excluding hydrogens is 574 g/mol. The number of benzene rings is 1. The lowest BCUT2D eigenvalue weighted by molar-refractivity contribution is 0.167. The fourth-order valence-corrected chi connectivity index (χ4v) is 6.82. The summed E-state index contributed by atoms with van der Waals surface area (Å²) in [6, 6.07) is 4.78. The molecule has 1 aromatic heterocycles. The van der Waals surface area contributed by atoms with Gasteiger partial charge in [-0.25, -0.2) is 13.4 Å². The van der Waals surface area contributed by atoms with Gasteiger partial charge in [0, 0.05) is 25.8 Å². The quantitative estimate of drug-likeness (QED) is 0.171. The number of hydrogen-bond acceptors (Lipinski definition) is 10. The topological polar surface area (TPSA) is 132 Å². The van der Waals surface area contributed by atoms with Crippen LogP contribution in [0, 0.1) is 18.3 Å². The minimum absolute atomic E-state index is 0.0329. The van der Waals surface area contributed by atoms with Crippen molar-refractivity contribution >= 4 is 43.9 Å². The van der Waals surface area contributed by atoms with Crippen molar-refractivity contribution in [3.8, 4) is 5.75 Å². The molecule has 0 amide bonds. The maximum Gasteiger partial charge on any atom is 0.229 e.